The number of aromatic nitrogens is 6. The molecule has 3 aromatic carbocycles. The van der Waals surface area contributed by atoms with Crippen LogP contribution in [0.5, 0.6) is 0 Å². The Morgan fingerprint density at radius 1 is 0.417 bits per heavy atom. The van der Waals surface area contributed by atoms with E-state index in [1.807, 2.05) is 92.6 Å². The third-order valence-electron chi connectivity index (χ3n) is 26.1. The van der Waals surface area contributed by atoms with Crippen molar-refractivity contribution >= 4 is 122 Å². The van der Waals surface area contributed by atoms with Gasteiger partial charge in [-0.05, 0) is 263 Å². The summed E-state index contributed by atoms with van der Waals surface area (Å²) >= 11 is 21.9. The number of ether oxygens (including phenoxy) is 2. The smallest absolute Gasteiger partial charge is 0.309 e. The molecule has 12 aliphatic rings. The molecule has 3 atom stereocenters. The van der Waals surface area contributed by atoms with Crippen molar-refractivity contribution in [3.8, 4) is 0 Å². The molecule has 6 aromatic rings. The molecule has 644 valence electrons. The molecule has 6 aliphatic carbocycles. The third kappa shape index (κ3) is 19.4. The molecule has 3 aromatic heterocycles. The summed E-state index contributed by atoms with van der Waals surface area (Å²) in [7, 11) is 0. The number of anilines is 2. The molecule has 0 bridgehead atoms. The van der Waals surface area contributed by atoms with Crippen LogP contribution in [0.3, 0.4) is 0 Å². The summed E-state index contributed by atoms with van der Waals surface area (Å²) in [6.07, 6.45) is 16.7. The Morgan fingerprint density at radius 2 is 0.725 bits per heavy atom. The minimum atomic E-state index is -0.754. The Labute approximate surface area is 732 Å². The second-order valence-corrected chi connectivity index (χ2v) is 40.4. The number of carbonyl (C=O) groups is 9. The van der Waals surface area contributed by atoms with Gasteiger partial charge in [-0.2, -0.15) is 19.1 Å². The molecule has 0 spiro atoms. The average Bonchev–Trinajstić information content (AvgIpc) is 1.58. The lowest BCUT2D eigenvalue weighted by atomic mass is 9.84. The second-order valence-electron chi connectivity index (χ2n) is 38.1. The fourth-order valence-corrected chi connectivity index (χ4v) is 20.7. The van der Waals surface area contributed by atoms with Gasteiger partial charge in [0.25, 0.3) is 17.7 Å². The number of halogens is 4. The summed E-state index contributed by atoms with van der Waals surface area (Å²) in [4.78, 5) is 127. The van der Waals surface area contributed by atoms with E-state index in [1.165, 1.54) is 9.36 Å². The van der Waals surface area contributed by atoms with E-state index >= 15 is 0 Å². The Kier molecular flexibility index (Phi) is 26.3. The maximum absolute atomic E-state index is 14.2. The van der Waals surface area contributed by atoms with E-state index < -0.39 is 11.6 Å². The van der Waals surface area contributed by atoms with Gasteiger partial charge in [-0.15, -0.1) is 10.2 Å². The number of piperidine rings is 3. The molecule has 3 saturated carbocycles. The Bertz CT molecular complexity index is 4910. The van der Waals surface area contributed by atoms with E-state index in [0.29, 0.717) is 151 Å². The van der Waals surface area contributed by atoms with Crippen molar-refractivity contribution < 1.29 is 57.7 Å². The van der Waals surface area contributed by atoms with Crippen LogP contribution in [0, 0.1) is 57.0 Å². The molecule has 120 heavy (non-hydrogen) atoms. The molecule has 3 unspecified atom stereocenters. The van der Waals surface area contributed by atoms with Crippen molar-refractivity contribution in [2.75, 3.05) is 88.3 Å². The maximum atomic E-state index is 14.2. The van der Waals surface area contributed by atoms with Crippen LogP contribution in [0.2, 0.25) is 15.1 Å². The zero-order chi connectivity index (χ0) is 85.1. The predicted molar refractivity (Wildman–Crippen MR) is 467 cm³/mol. The first kappa shape index (κ1) is 87.2. The standard InChI is InChI=1S/C32H41ClN4O4.C28H33ClN4O4.C22H23ClIN3O2.C10H19NO2/c1-19-17-36(18-19)29(38)22-10-11-24-26(16-22)37(30(39)27-23(20-8-9-20)6-5-7-25(27)33)34-28(24)35-14-12-21(13-15-35)31(40)41-32(2,3)4;1-16-14-32(15-16)26(34)19-7-8-21-23(13-19)33(30-25(21)31-11-9-18(10-12-31)28(36)37)27(35)24-20(17-5-6-17)3-2-4-22(24)29;1-12-10-26(11-12)21(28)14-7-8-16-18(9-14)27(25-20(16)24)22(29)19-15(13-5-6-13)3-2-4-17(19)23;1-10(2,3)13-9(12)8-4-6-11-7-5-8/h5-7,19-22H,8-18H2,1-4H3;2-4,16-19H,5-15H2,1H3,(H,36,37);2-4,12-14H,5-11H2,1H3;8,11H,4-7H2,1-3H3. The highest BCUT2D eigenvalue weighted by Crippen LogP contribution is 2.48. The summed E-state index contributed by atoms with van der Waals surface area (Å²) in [6, 6.07) is 17.0. The molecule has 6 saturated heterocycles. The molecular formula is C92H116Cl3IN12O12. The quantitative estimate of drug-likeness (QED) is 0.0757. The van der Waals surface area contributed by atoms with Crippen molar-refractivity contribution in [2.45, 2.75) is 226 Å². The molecule has 28 heteroatoms. The summed E-state index contributed by atoms with van der Waals surface area (Å²) in [6.45, 7) is 27.2. The number of carboxylic acid groups (broad SMARTS) is 1. The Hall–Kier alpha value is -7.72. The van der Waals surface area contributed by atoms with Gasteiger partial charge in [-0.3, -0.25) is 43.2 Å². The van der Waals surface area contributed by atoms with Crippen LogP contribution in [-0.4, -0.2) is 192 Å². The highest BCUT2D eigenvalue weighted by Gasteiger charge is 2.45. The van der Waals surface area contributed by atoms with E-state index in [-0.39, 0.29) is 88.5 Å². The minimum absolute atomic E-state index is 0.0333. The largest absolute Gasteiger partial charge is 0.481 e. The third-order valence-corrected chi connectivity index (χ3v) is 27.9. The highest BCUT2D eigenvalue weighted by molar-refractivity contribution is 14.1. The number of nitrogens with one attached hydrogen (secondary N) is 1. The predicted octanol–water partition coefficient (Wildman–Crippen LogP) is 14.8. The van der Waals surface area contributed by atoms with Crippen LogP contribution in [0.4, 0.5) is 11.6 Å². The molecular weight excluding hydrogens is 1700 g/mol. The molecule has 24 nitrogen and oxygen atoms in total. The molecule has 18 rings (SSSR count). The maximum Gasteiger partial charge on any atom is 0.309 e. The molecule has 9 heterocycles. The molecule has 0 radical (unpaired) electrons. The Morgan fingerprint density at radius 3 is 1.04 bits per heavy atom. The number of aliphatic carboxylic acids is 1. The minimum Gasteiger partial charge on any atom is -0.481 e. The number of rotatable bonds is 14. The van der Waals surface area contributed by atoms with Crippen molar-refractivity contribution in [3.63, 3.8) is 0 Å². The van der Waals surface area contributed by atoms with E-state index in [9.17, 15) is 48.3 Å². The van der Waals surface area contributed by atoms with Crippen molar-refractivity contribution in [3.05, 3.63) is 141 Å². The number of fused-ring (bicyclic) bond motifs is 3. The number of nitrogens with zero attached hydrogens (tertiary/aromatic N) is 11. The zero-order valence-corrected chi connectivity index (χ0v) is 75.3. The van der Waals surface area contributed by atoms with Gasteiger partial charge in [-0.25, -0.2) is 0 Å². The van der Waals surface area contributed by atoms with Crippen LogP contribution >= 0.6 is 57.4 Å². The van der Waals surface area contributed by atoms with Crippen LogP contribution in [0.25, 0.3) is 0 Å². The first-order valence-corrected chi connectivity index (χ1v) is 46.2. The monoisotopic (exact) mass is 1810 g/mol. The van der Waals surface area contributed by atoms with Crippen LogP contribution in [0.1, 0.15) is 258 Å². The summed E-state index contributed by atoms with van der Waals surface area (Å²) in [5.74, 6) is 2.63. The molecule has 6 aliphatic heterocycles. The second kappa shape index (κ2) is 36.2. The molecule has 2 N–H and O–H groups in total. The van der Waals surface area contributed by atoms with Gasteiger partial charge in [0.05, 0.1) is 66.6 Å². The number of hydrogen-bond donors (Lipinski definition) is 2. The van der Waals surface area contributed by atoms with Gasteiger partial charge in [0, 0.05) is 119 Å². The SMILES string of the molecule is CC(C)(C)OC(=O)C1CCNCC1.CC1CN(C(=O)C2CCc3c(I)nn(C(=O)c4c(Cl)cccc4C4CC4)c3C2)C1.CC1CN(C(=O)C2CCc3c(N4CCC(C(=O)O)CC4)nn(C(=O)c4c(Cl)cccc4C4CC4)c3C2)C1.CC1CN(C(=O)C2CCc3c(N4CCC(C(=O)OC(C)(C)C)CC4)nn(C(=O)c4c(Cl)cccc4C4CC4)c3C2)C1. The average molecular weight is 1820 g/mol. The molecule has 3 amide bonds. The van der Waals surface area contributed by atoms with E-state index in [2.05, 4.69) is 63.6 Å². The lowest BCUT2D eigenvalue weighted by Gasteiger charge is -2.40. The summed E-state index contributed by atoms with van der Waals surface area (Å²) in [5, 5.41) is 28.4. The number of carbonyl (C=O) groups excluding carboxylic acids is 8. The van der Waals surface area contributed by atoms with E-state index in [1.54, 1.807) is 22.9 Å². The number of hydrogen-bond acceptors (Lipinski definition) is 17. The van der Waals surface area contributed by atoms with Gasteiger partial charge in [0.2, 0.25) is 17.7 Å². The summed E-state index contributed by atoms with van der Waals surface area (Å²) < 4.78 is 16.4. The number of amides is 3. The summed E-state index contributed by atoms with van der Waals surface area (Å²) in [5.41, 5.74) is 9.46. The van der Waals surface area contributed by atoms with Gasteiger partial charge in [0.1, 0.15) is 14.9 Å². The fraction of sp³-hybridized carbons (Fsp3) is 0.609. The Balaban J connectivity index is 0.000000132. The van der Waals surface area contributed by atoms with Crippen molar-refractivity contribution in [1.29, 1.82) is 0 Å². The number of esters is 2. The normalized spacial score (nSPS) is 21.8. The number of benzene rings is 3. The van der Waals surface area contributed by atoms with Gasteiger partial charge in [-0.1, -0.05) is 92.0 Å². The molecule has 9 fully saturated rings. The van der Waals surface area contributed by atoms with Crippen LogP contribution < -0.4 is 15.1 Å². The fourth-order valence-electron chi connectivity index (χ4n) is 19.1. The highest BCUT2D eigenvalue weighted by atomic mass is 127. The van der Waals surface area contributed by atoms with Gasteiger partial charge in [0.15, 0.2) is 11.6 Å². The number of carboxylic acids is 1. The van der Waals surface area contributed by atoms with Crippen LogP contribution in [0.15, 0.2) is 54.6 Å². The topological polar surface area (TPSA) is 274 Å². The van der Waals surface area contributed by atoms with E-state index in [4.69, 9.17) is 54.5 Å². The number of likely N-dealkylation sites (tertiary alicyclic amines) is 3. The lowest BCUT2D eigenvalue weighted by molar-refractivity contribution is -0.161. The van der Waals surface area contributed by atoms with Gasteiger partial charge >= 0.3 is 17.9 Å². The zero-order valence-electron chi connectivity index (χ0n) is 70.8. The van der Waals surface area contributed by atoms with Crippen molar-refractivity contribution in [2.24, 2.45) is 53.3 Å². The van der Waals surface area contributed by atoms with Crippen LogP contribution in [-0.2, 0) is 76.8 Å². The first-order valence-electron chi connectivity index (χ1n) is 44.0. The first-order chi connectivity index (χ1) is 57.2. The van der Waals surface area contributed by atoms with Gasteiger partial charge < -0.3 is 44.4 Å². The van der Waals surface area contributed by atoms with Crippen molar-refractivity contribution in [1.82, 2.24) is 49.4 Å². The van der Waals surface area contributed by atoms with E-state index in [0.717, 1.165) is 195 Å². The lowest BCUT2D eigenvalue weighted by Crippen LogP contribution is -2.51.